The maximum absolute atomic E-state index is 12.1. The number of rotatable bonds is 6. The SMILES string of the molecule is Cn1c(CNC(=O)CCc2nnc(-c3ccsc3)o2)nc2ccccc21. The molecular formula is C18H17N5O2S. The molecule has 0 aliphatic rings. The molecule has 4 aromatic rings. The number of carbonyl (C=O) groups is 1. The molecular weight excluding hydrogens is 350 g/mol. The van der Waals surface area contributed by atoms with Crippen LogP contribution in [0.4, 0.5) is 0 Å². The predicted molar refractivity (Wildman–Crippen MR) is 98.5 cm³/mol. The van der Waals surface area contributed by atoms with Crippen molar-refractivity contribution in [3.8, 4) is 11.5 Å². The number of benzene rings is 1. The number of nitrogens with one attached hydrogen (secondary N) is 1. The van der Waals surface area contributed by atoms with E-state index in [4.69, 9.17) is 4.42 Å². The molecule has 3 heterocycles. The number of para-hydroxylation sites is 2. The summed E-state index contributed by atoms with van der Waals surface area (Å²) >= 11 is 1.57. The van der Waals surface area contributed by atoms with Crippen LogP contribution in [0.3, 0.4) is 0 Å². The number of hydrogen-bond donors (Lipinski definition) is 1. The third kappa shape index (κ3) is 3.36. The van der Waals surface area contributed by atoms with Crippen molar-refractivity contribution in [3.05, 3.63) is 52.8 Å². The van der Waals surface area contributed by atoms with E-state index in [1.807, 2.05) is 52.7 Å². The standard InChI is InChI=1S/C18H17N5O2S/c1-23-14-5-3-2-4-13(14)20-15(23)10-19-16(24)6-7-17-21-22-18(25-17)12-8-9-26-11-12/h2-5,8-9,11H,6-7,10H2,1H3,(H,19,24). The fourth-order valence-corrected chi connectivity index (χ4v) is 3.33. The molecule has 0 saturated carbocycles. The monoisotopic (exact) mass is 367 g/mol. The van der Waals surface area contributed by atoms with E-state index in [1.54, 1.807) is 11.3 Å². The van der Waals surface area contributed by atoms with Crippen molar-refractivity contribution in [1.29, 1.82) is 0 Å². The summed E-state index contributed by atoms with van der Waals surface area (Å²) in [6.07, 6.45) is 0.695. The first-order valence-electron chi connectivity index (χ1n) is 8.22. The topological polar surface area (TPSA) is 85.8 Å². The Morgan fingerprint density at radius 2 is 2.15 bits per heavy atom. The molecule has 132 valence electrons. The Labute approximate surface area is 153 Å². The zero-order chi connectivity index (χ0) is 17.9. The van der Waals surface area contributed by atoms with Crippen LogP contribution in [0.25, 0.3) is 22.5 Å². The van der Waals surface area contributed by atoms with Gasteiger partial charge in [-0.3, -0.25) is 4.79 Å². The van der Waals surface area contributed by atoms with E-state index < -0.39 is 0 Å². The van der Waals surface area contributed by atoms with Crippen LogP contribution in [0.15, 0.2) is 45.5 Å². The quantitative estimate of drug-likeness (QED) is 0.566. The minimum atomic E-state index is -0.0765. The van der Waals surface area contributed by atoms with Gasteiger partial charge in [0.15, 0.2) is 0 Å². The Bertz CT molecular complexity index is 1040. The summed E-state index contributed by atoms with van der Waals surface area (Å²) in [5.74, 6) is 1.69. The van der Waals surface area contributed by atoms with E-state index in [0.717, 1.165) is 22.4 Å². The van der Waals surface area contributed by atoms with Crippen LogP contribution in [0.5, 0.6) is 0 Å². The third-order valence-electron chi connectivity index (χ3n) is 4.12. The second-order valence-corrected chi connectivity index (χ2v) is 6.65. The van der Waals surface area contributed by atoms with Crippen LogP contribution >= 0.6 is 11.3 Å². The van der Waals surface area contributed by atoms with Crippen molar-refractivity contribution in [2.45, 2.75) is 19.4 Å². The van der Waals surface area contributed by atoms with Gasteiger partial charge in [0.25, 0.3) is 0 Å². The van der Waals surface area contributed by atoms with Crippen LogP contribution in [0.2, 0.25) is 0 Å². The van der Waals surface area contributed by atoms with Crippen molar-refractivity contribution in [2.75, 3.05) is 0 Å². The summed E-state index contributed by atoms with van der Waals surface area (Å²) in [6, 6.07) is 9.81. The van der Waals surface area contributed by atoms with Crippen molar-refractivity contribution in [3.63, 3.8) is 0 Å². The van der Waals surface area contributed by atoms with E-state index in [9.17, 15) is 4.79 Å². The summed E-state index contributed by atoms with van der Waals surface area (Å²) in [7, 11) is 1.95. The summed E-state index contributed by atoms with van der Waals surface area (Å²) in [6.45, 7) is 0.383. The molecule has 0 aliphatic carbocycles. The molecule has 1 amide bonds. The largest absolute Gasteiger partial charge is 0.421 e. The number of hydrogen-bond acceptors (Lipinski definition) is 6. The number of aryl methyl sites for hydroxylation is 2. The van der Waals surface area contributed by atoms with Gasteiger partial charge in [0.05, 0.1) is 17.6 Å². The molecule has 26 heavy (non-hydrogen) atoms. The zero-order valence-electron chi connectivity index (χ0n) is 14.2. The first-order chi connectivity index (χ1) is 12.7. The van der Waals surface area contributed by atoms with Crippen molar-refractivity contribution >= 4 is 28.3 Å². The van der Waals surface area contributed by atoms with Gasteiger partial charge in [-0.2, -0.15) is 11.3 Å². The first kappa shape index (κ1) is 16.5. The number of amides is 1. The zero-order valence-corrected chi connectivity index (χ0v) is 15.0. The Morgan fingerprint density at radius 3 is 2.96 bits per heavy atom. The summed E-state index contributed by atoms with van der Waals surface area (Å²) in [5.41, 5.74) is 2.87. The Kier molecular flexibility index (Phi) is 4.49. The molecule has 1 aromatic carbocycles. The fourth-order valence-electron chi connectivity index (χ4n) is 2.70. The number of aromatic nitrogens is 4. The average molecular weight is 367 g/mol. The summed E-state index contributed by atoms with van der Waals surface area (Å²) in [4.78, 5) is 16.7. The van der Waals surface area contributed by atoms with Gasteiger partial charge < -0.3 is 14.3 Å². The molecule has 7 nitrogen and oxygen atoms in total. The van der Waals surface area contributed by atoms with Gasteiger partial charge in [0, 0.05) is 30.8 Å². The normalized spacial score (nSPS) is 11.1. The van der Waals surface area contributed by atoms with E-state index in [1.165, 1.54) is 0 Å². The molecule has 0 saturated heterocycles. The van der Waals surface area contributed by atoms with Crippen molar-refractivity contribution < 1.29 is 9.21 Å². The lowest BCUT2D eigenvalue weighted by atomic mass is 10.3. The van der Waals surface area contributed by atoms with E-state index in [2.05, 4.69) is 20.5 Å². The van der Waals surface area contributed by atoms with Crippen molar-refractivity contribution in [2.24, 2.45) is 7.05 Å². The van der Waals surface area contributed by atoms with Crippen LogP contribution in [-0.4, -0.2) is 25.7 Å². The maximum atomic E-state index is 12.1. The highest BCUT2D eigenvalue weighted by Gasteiger charge is 2.12. The Balaban J connectivity index is 1.32. The van der Waals surface area contributed by atoms with E-state index in [-0.39, 0.29) is 12.3 Å². The summed E-state index contributed by atoms with van der Waals surface area (Å²) in [5, 5.41) is 14.8. The molecule has 0 atom stereocenters. The van der Waals surface area contributed by atoms with Gasteiger partial charge >= 0.3 is 0 Å². The van der Waals surface area contributed by atoms with E-state index in [0.29, 0.717) is 24.7 Å². The highest BCUT2D eigenvalue weighted by Crippen LogP contribution is 2.20. The molecule has 0 aliphatic heterocycles. The first-order valence-corrected chi connectivity index (χ1v) is 9.17. The predicted octanol–water partition coefficient (Wildman–Crippen LogP) is 2.93. The molecule has 3 aromatic heterocycles. The second-order valence-electron chi connectivity index (χ2n) is 5.87. The van der Waals surface area contributed by atoms with Crippen LogP contribution < -0.4 is 5.32 Å². The van der Waals surface area contributed by atoms with Gasteiger partial charge in [0.2, 0.25) is 17.7 Å². The number of thiophene rings is 1. The third-order valence-corrected chi connectivity index (χ3v) is 4.81. The highest BCUT2D eigenvalue weighted by molar-refractivity contribution is 7.08. The van der Waals surface area contributed by atoms with Gasteiger partial charge in [0.1, 0.15) is 5.82 Å². The summed E-state index contributed by atoms with van der Waals surface area (Å²) < 4.78 is 7.58. The smallest absolute Gasteiger partial charge is 0.248 e. The number of fused-ring (bicyclic) bond motifs is 1. The molecule has 0 spiro atoms. The molecule has 0 unspecified atom stereocenters. The van der Waals surface area contributed by atoms with Crippen molar-refractivity contribution in [1.82, 2.24) is 25.1 Å². The molecule has 8 heteroatoms. The van der Waals surface area contributed by atoms with Crippen LogP contribution in [0, 0.1) is 0 Å². The Morgan fingerprint density at radius 1 is 1.27 bits per heavy atom. The molecule has 4 rings (SSSR count). The van der Waals surface area contributed by atoms with Gasteiger partial charge in [-0.1, -0.05) is 12.1 Å². The number of nitrogens with zero attached hydrogens (tertiary/aromatic N) is 4. The van der Waals surface area contributed by atoms with Crippen LogP contribution in [0.1, 0.15) is 18.1 Å². The van der Waals surface area contributed by atoms with Crippen LogP contribution in [-0.2, 0) is 24.8 Å². The van der Waals surface area contributed by atoms with E-state index >= 15 is 0 Å². The fraction of sp³-hybridized carbons (Fsp3) is 0.222. The average Bonchev–Trinajstić information content (AvgIpc) is 3.39. The number of imidazole rings is 1. The molecule has 1 N–H and O–H groups in total. The maximum Gasteiger partial charge on any atom is 0.248 e. The van der Waals surface area contributed by atoms with Gasteiger partial charge in [-0.05, 0) is 23.6 Å². The molecule has 0 bridgehead atoms. The number of carbonyl (C=O) groups excluding carboxylic acids is 1. The van der Waals surface area contributed by atoms with Gasteiger partial charge in [-0.25, -0.2) is 4.98 Å². The lowest BCUT2D eigenvalue weighted by Gasteiger charge is -2.04. The van der Waals surface area contributed by atoms with Gasteiger partial charge in [-0.15, -0.1) is 10.2 Å². The minimum absolute atomic E-state index is 0.0765. The molecule has 0 radical (unpaired) electrons. The highest BCUT2D eigenvalue weighted by atomic mass is 32.1. The lowest BCUT2D eigenvalue weighted by Crippen LogP contribution is -2.24. The molecule has 0 fully saturated rings. The minimum Gasteiger partial charge on any atom is -0.421 e. The Hall–Kier alpha value is -3.00. The second kappa shape index (κ2) is 7.09. The lowest BCUT2D eigenvalue weighted by molar-refractivity contribution is -0.121.